The molecule has 1 aliphatic carbocycles. The number of allylic oxidation sites excluding steroid dienone is 1. The van der Waals surface area contributed by atoms with Crippen molar-refractivity contribution in [2.24, 2.45) is 5.92 Å². The van der Waals surface area contributed by atoms with Gasteiger partial charge in [0.25, 0.3) is 0 Å². The van der Waals surface area contributed by atoms with Crippen molar-refractivity contribution in [3.05, 3.63) is 48.2 Å². The zero-order valence-electron chi connectivity index (χ0n) is 15.8. The predicted molar refractivity (Wildman–Crippen MR) is 106 cm³/mol. The van der Waals surface area contributed by atoms with Crippen LogP contribution >= 0.6 is 0 Å². The third-order valence-corrected chi connectivity index (χ3v) is 5.49. The van der Waals surface area contributed by atoms with Crippen LogP contribution in [0.2, 0.25) is 0 Å². The normalized spacial score (nSPS) is 22.4. The number of nitrogens with zero attached hydrogens (tertiary/aromatic N) is 1. The van der Waals surface area contributed by atoms with Gasteiger partial charge in [-0.2, -0.15) is 0 Å². The van der Waals surface area contributed by atoms with Gasteiger partial charge in [0, 0.05) is 35.7 Å². The second kappa shape index (κ2) is 6.92. The zero-order valence-corrected chi connectivity index (χ0v) is 15.8. The van der Waals surface area contributed by atoms with E-state index in [0.717, 1.165) is 32.2 Å². The highest BCUT2D eigenvalue weighted by molar-refractivity contribution is 5.90. The Morgan fingerprint density at radius 2 is 2.23 bits per heavy atom. The van der Waals surface area contributed by atoms with Gasteiger partial charge in [-0.1, -0.05) is 32.1 Å². The summed E-state index contributed by atoms with van der Waals surface area (Å²) in [6.45, 7) is 9.18. The first-order chi connectivity index (χ1) is 12.6. The number of carbonyl (C=O) groups is 1. The third-order valence-electron chi connectivity index (χ3n) is 5.49. The van der Waals surface area contributed by atoms with E-state index < -0.39 is 0 Å². The number of nitrogens with one attached hydrogen (secondary N) is 2. The zero-order chi connectivity index (χ0) is 18.3. The summed E-state index contributed by atoms with van der Waals surface area (Å²) in [5, 5.41) is 8.20. The first-order valence-electron chi connectivity index (χ1n) is 9.84. The number of amides is 1. The fourth-order valence-corrected chi connectivity index (χ4v) is 4.18. The molecule has 2 aromatic rings. The molecule has 1 aromatic heterocycles. The number of carbonyl (C=O) groups excluding carboxylic acids is 1. The fraction of sp³-hybridized carbons (Fsp3) is 0.500. The molecule has 2 aliphatic rings. The lowest BCUT2D eigenvalue weighted by Gasteiger charge is -2.25. The Bertz CT molecular complexity index is 831. The summed E-state index contributed by atoms with van der Waals surface area (Å²) in [4.78, 5) is 12.8. The molecule has 2 N–H and O–H groups in total. The van der Waals surface area contributed by atoms with Crippen molar-refractivity contribution in [1.82, 2.24) is 15.2 Å². The van der Waals surface area contributed by atoms with Crippen LogP contribution in [0.4, 0.5) is 0 Å². The average Bonchev–Trinajstić information content (AvgIpc) is 3.36. The standard InChI is InChI=1S/C22H29N3O/c1-4-10-25-13-15-12-19(22(26)23-16-8-9-16)24-18(11-14(2)3)17-6-5-7-20(25)21(15)17/h4-7,13-14,16,18-19,24H,1,8-12H2,2-3H3,(H,23,26)/t18-,19-/m0/s1. The quantitative estimate of drug-likeness (QED) is 0.780. The van der Waals surface area contributed by atoms with Gasteiger partial charge < -0.3 is 9.88 Å². The van der Waals surface area contributed by atoms with E-state index in [9.17, 15) is 4.79 Å². The third kappa shape index (κ3) is 3.30. The Hall–Kier alpha value is -2.07. The molecule has 1 amide bonds. The minimum atomic E-state index is -0.172. The van der Waals surface area contributed by atoms with Gasteiger partial charge in [0.2, 0.25) is 5.91 Å². The van der Waals surface area contributed by atoms with Gasteiger partial charge in [-0.15, -0.1) is 6.58 Å². The molecular weight excluding hydrogens is 322 g/mol. The lowest BCUT2D eigenvalue weighted by molar-refractivity contribution is -0.123. The summed E-state index contributed by atoms with van der Waals surface area (Å²) >= 11 is 0. The van der Waals surface area contributed by atoms with Crippen LogP contribution in [0.3, 0.4) is 0 Å². The molecule has 0 bridgehead atoms. The van der Waals surface area contributed by atoms with Crippen molar-refractivity contribution in [2.45, 2.75) is 64.2 Å². The van der Waals surface area contributed by atoms with Crippen molar-refractivity contribution < 1.29 is 4.79 Å². The Kier molecular flexibility index (Phi) is 4.62. The van der Waals surface area contributed by atoms with Crippen LogP contribution in [-0.4, -0.2) is 22.6 Å². The van der Waals surface area contributed by atoms with E-state index in [1.165, 1.54) is 22.0 Å². The van der Waals surface area contributed by atoms with Gasteiger partial charge in [0.15, 0.2) is 0 Å². The highest BCUT2D eigenvalue weighted by atomic mass is 16.2. The van der Waals surface area contributed by atoms with Crippen LogP contribution in [0.25, 0.3) is 10.9 Å². The maximum Gasteiger partial charge on any atom is 0.237 e. The summed E-state index contributed by atoms with van der Waals surface area (Å²) in [5.41, 5.74) is 3.85. The highest BCUT2D eigenvalue weighted by Crippen LogP contribution is 2.36. The molecule has 1 saturated carbocycles. The molecule has 4 heteroatoms. The maximum absolute atomic E-state index is 12.8. The molecule has 0 radical (unpaired) electrons. The van der Waals surface area contributed by atoms with E-state index in [4.69, 9.17) is 0 Å². The molecular formula is C22H29N3O. The van der Waals surface area contributed by atoms with E-state index in [1.54, 1.807) is 0 Å². The van der Waals surface area contributed by atoms with E-state index in [2.05, 4.69) is 60.0 Å². The maximum atomic E-state index is 12.8. The molecule has 2 atom stereocenters. The van der Waals surface area contributed by atoms with Crippen LogP contribution in [0.1, 0.15) is 50.3 Å². The van der Waals surface area contributed by atoms with Crippen LogP contribution in [0.5, 0.6) is 0 Å². The Morgan fingerprint density at radius 3 is 2.92 bits per heavy atom. The van der Waals surface area contributed by atoms with E-state index >= 15 is 0 Å². The largest absolute Gasteiger partial charge is 0.352 e. The minimum Gasteiger partial charge on any atom is -0.352 e. The second-order valence-electron chi connectivity index (χ2n) is 8.23. The molecule has 1 aromatic carbocycles. The summed E-state index contributed by atoms with van der Waals surface area (Å²) in [7, 11) is 0. The number of aromatic nitrogens is 1. The van der Waals surface area contributed by atoms with Crippen LogP contribution in [0, 0.1) is 5.92 Å². The van der Waals surface area contributed by atoms with Crippen molar-refractivity contribution >= 4 is 16.8 Å². The van der Waals surface area contributed by atoms with Gasteiger partial charge in [0.05, 0.1) is 6.04 Å². The van der Waals surface area contributed by atoms with Crippen LogP contribution in [0.15, 0.2) is 37.1 Å². The second-order valence-corrected chi connectivity index (χ2v) is 8.23. The number of rotatable bonds is 6. The SMILES string of the molecule is C=CCn1cc2c3c(cccc31)[C@H](CC(C)C)N[C@H](C(=O)NC1CC1)C2. The average molecular weight is 351 g/mol. The molecule has 26 heavy (non-hydrogen) atoms. The number of benzene rings is 1. The van der Waals surface area contributed by atoms with Crippen molar-refractivity contribution in [2.75, 3.05) is 0 Å². The van der Waals surface area contributed by atoms with E-state index in [-0.39, 0.29) is 18.0 Å². The monoisotopic (exact) mass is 351 g/mol. The first-order valence-corrected chi connectivity index (χ1v) is 9.84. The molecule has 0 spiro atoms. The Balaban J connectivity index is 1.77. The molecule has 4 nitrogen and oxygen atoms in total. The summed E-state index contributed by atoms with van der Waals surface area (Å²) in [6, 6.07) is 6.97. The molecule has 138 valence electrons. The van der Waals surface area contributed by atoms with Crippen LogP contribution in [-0.2, 0) is 17.8 Å². The predicted octanol–water partition coefficient (Wildman–Crippen LogP) is 3.71. The van der Waals surface area contributed by atoms with Crippen molar-refractivity contribution in [1.29, 1.82) is 0 Å². The molecule has 1 fully saturated rings. The van der Waals surface area contributed by atoms with Gasteiger partial charge in [-0.3, -0.25) is 10.1 Å². The summed E-state index contributed by atoms with van der Waals surface area (Å²) < 4.78 is 2.26. The van der Waals surface area contributed by atoms with Crippen LogP contribution < -0.4 is 10.6 Å². The molecule has 1 aliphatic heterocycles. The van der Waals surface area contributed by atoms with E-state index in [1.807, 2.05) is 6.08 Å². The highest BCUT2D eigenvalue weighted by Gasteiger charge is 2.33. The van der Waals surface area contributed by atoms with E-state index in [0.29, 0.717) is 12.0 Å². The Morgan fingerprint density at radius 1 is 1.42 bits per heavy atom. The molecule has 4 rings (SSSR count). The van der Waals surface area contributed by atoms with Gasteiger partial charge >= 0.3 is 0 Å². The smallest absolute Gasteiger partial charge is 0.237 e. The lowest BCUT2D eigenvalue weighted by atomic mass is 9.94. The molecule has 2 heterocycles. The van der Waals surface area contributed by atoms with Gasteiger partial charge in [-0.25, -0.2) is 0 Å². The minimum absolute atomic E-state index is 0.152. The van der Waals surface area contributed by atoms with Crippen molar-refractivity contribution in [3.8, 4) is 0 Å². The lowest BCUT2D eigenvalue weighted by Crippen LogP contribution is -2.47. The number of hydrogen-bond acceptors (Lipinski definition) is 2. The molecule has 0 unspecified atom stereocenters. The fourth-order valence-electron chi connectivity index (χ4n) is 4.18. The first kappa shape index (κ1) is 17.3. The van der Waals surface area contributed by atoms with Gasteiger partial charge in [-0.05, 0) is 48.8 Å². The van der Waals surface area contributed by atoms with Crippen molar-refractivity contribution in [3.63, 3.8) is 0 Å². The van der Waals surface area contributed by atoms with Gasteiger partial charge in [0.1, 0.15) is 0 Å². The summed E-state index contributed by atoms with van der Waals surface area (Å²) in [5.74, 6) is 0.713. The summed E-state index contributed by atoms with van der Waals surface area (Å²) in [6.07, 6.45) is 8.15. The molecule has 0 saturated heterocycles. The Labute approximate surface area is 155 Å². The topological polar surface area (TPSA) is 46.1 Å². The number of hydrogen-bond donors (Lipinski definition) is 2.